The molecule has 0 saturated carbocycles. The molecular formula is C15H20N2. The molecule has 90 valence electrons. The number of aliphatic imine (C=N–C) groups is 2. The van der Waals surface area contributed by atoms with Crippen molar-refractivity contribution >= 4 is 12.4 Å². The van der Waals surface area contributed by atoms with Crippen molar-refractivity contribution in [2.75, 3.05) is 0 Å². The molecule has 0 aliphatic carbocycles. The predicted octanol–water partition coefficient (Wildman–Crippen LogP) is 4.09. The van der Waals surface area contributed by atoms with E-state index in [0.29, 0.717) is 11.8 Å². The van der Waals surface area contributed by atoms with E-state index >= 15 is 0 Å². The second-order valence-electron chi connectivity index (χ2n) is 5.13. The summed E-state index contributed by atoms with van der Waals surface area (Å²) in [5, 5.41) is 0. The summed E-state index contributed by atoms with van der Waals surface area (Å²) < 4.78 is 0. The first kappa shape index (κ1) is 12.0. The first-order chi connectivity index (χ1) is 8.11. The zero-order valence-corrected chi connectivity index (χ0v) is 11.0. The molecule has 2 rings (SSSR count). The quantitative estimate of drug-likeness (QED) is 0.744. The van der Waals surface area contributed by atoms with Gasteiger partial charge in [-0.05, 0) is 23.0 Å². The van der Waals surface area contributed by atoms with Crippen molar-refractivity contribution in [2.24, 2.45) is 9.98 Å². The van der Waals surface area contributed by atoms with Gasteiger partial charge in [-0.2, -0.15) is 0 Å². The Bertz CT molecular complexity index is 418. The number of benzene rings is 1. The molecule has 0 fully saturated rings. The van der Waals surface area contributed by atoms with Crippen LogP contribution >= 0.6 is 0 Å². The second kappa shape index (κ2) is 4.82. The molecule has 0 atom stereocenters. The SMILES string of the molecule is CC(C)c1cccc(C(C)C)c1C1N=CC=N1. The van der Waals surface area contributed by atoms with E-state index in [-0.39, 0.29) is 6.17 Å². The molecule has 0 aromatic heterocycles. The third-order valence-corrected chi connectivity index (χ3v) is 3.20. The van der Waals surface area contributed by atoms with Crippen LogP contribution in [-0.4, -0.2) is 12.4 Å². The van der Waals surface area contributed by atoms with Crippen molar-refractivity contribution in [3.63, 3.8) is 0 Å². The van der Waals surface area contributed by atoms with Gasteiger partial charge < -0.3 is 0 Å². The molecule has 1 aliphatic rings. The Balaban J connectivity index is 2.57. The Morgan fingerprint density at radius 2 is 1.35 bits per heavy atom. The first-order valence-electron chi connectivity index (χ1n) is 6.29. The van der Waals surface area contributed by atoms with E-state index in [2.05, 4.69) is 55.9 Å². The highest BCUT2D eigenvalue weighted by Crippen LogP contribution is 2.35. The van der Waals surface area contributed by atoms with Gasteiger partial charge in [0.25, 0.3) is 0 Å². The molecule has 2 heteroatoms. The molecule has 1 aliphatic heterocycles. The number of rotatable bonds is 3. The lowest BCUT2D eigenvalue weighted by Gasteiger charge is -2.21. The van der Waals surface area contributed by atoms with Crippen molar-refractivity contribution in [2.45, 2.75) is 45.7 Å². The van der Waals surface area contributed by atoms with Crippen LogP contribution in [0.4, 0.5) is 0 Å². The topological polar surface area (TPSA) is 24.7 Å². The third-order valence-electron chi connectivity index (χ3n) is 3.20. The zero-order chi connectivity index (χ0) is 12.4. The Labute approximate surface area is 104 Å². The molecule has 0 radical (unpaired) electrons. The molecule has 1 aromatic carbocycles. The molecule has 0 saturated heterocycles. The highest BCUT2D eigenvalue weighted by Gasteiger charge is 2.21. The predicted molar refractivity (Wildman–Crippen MR) is 74.3 cm³/mol. The summed E-state index contributed by atoms with van der Waals surface area (Å²) in [4.78, 5) is 8.89. The Morgan fingerprint density at radius 1 is 0.882 bits per heavy atom. The smallest absolute Gasteiger partial charge is 0.165 e. The molecule has 2 nitrogen and oxygen atoms in total. The van der Waals surface area contributed by atoms with Gasteiger partial charge in [0.1, 0.15) is 0 Å². The van der Waals surface area contributed by atoms with Gasteiger partial charge in [0, 0.05) is 18.0 Å². The molecule has 0 bridgehead atoms. The average Bonchev–Trinajstić information content (AvgIpc) is 2.80. The van der Waals surface area contributed by atoms with Crippen LogP contribution in [-0.2, 0) is 0 Å². The van der Waals surface area contributed by atoms with Crippen LogP contribution in [0.3, 0.4) is 0 Å². The summed E-state index contributed by atoms with van der Waals surface area (Å²) in [5.41, 5.74) is 4.05. The van der Waals surface area contributed by atoms with E-state index in [1.807, 2.05) is 0 Å². The van der Waals surface area contributed by atoms with E-state index in [4.69, 9.17) is 0 Å². The van der Waals surface area contributed by atoms with Crippen molar-refractivity contribution < 1.29 is 0 Å². The van der Waals surface area contributed by atoms with E-state index in [9.17, 15) is 0 Å². The second-order valence-corrected chi connectivity index (χ2v) is 5.13. The van der Waals surface area contributed by atoms with E-state index in [0.717, 1.165) is 0 Å². The molecule has 0 N–H and O–H groups in total. The maximum Gasteiger partial charge on any atom is 0.165 e. The van der Waals surface area contributed by atoms with Crippen LogP contribution < -0.4 is 0 Å². The monoisotopic (exact) mass is 228 g/mol. The molecule has 17 heavy (non-hydrogen) atoms. The van der Waals surface area contributed by atoms with E-state index in [1.54, 1.807) is 12.4 Å². The Morgan fingerprint density at radius 3 is 1.76 bits per heavy atom. The van der Waals surface area contributed by atoms with Gasteiger partial charge in [-0.3, -0.25) is 9.98 Å². The minimum atomic E-state index is -0.0222. The molecule has 0 amide bonds. The third kappa shape index (κ3) is 2.31. The lowest BCUT2D eigenvalue weighted by atomic mass is 9.87. The number of hydrogen-bond donors (Lipinski definition) is 0. The van der Waals surface area contributed by atoms with E-state index in [1.165, 1.54) is 16.7 Å². The summed E-state index contributed by atoms with van der Waals surface area (Å²) in [6.07, 6.45) is 3.57. The van der Waals surface area contributed by atoms with Gasteiger partial charge >= 0.3 is 0 Å². The summed E-state index contributed by atoms with van der Waals surface area (Å²) in [5.74, 6) is 1.02. The normalized spacial score (nSPS) is 15.4. The van der Waals surface area contributed by atoms with Crippen molar-refractivity contribution in [1.82, 2.24) is 0 Å². The fraction of sp³-hybridized carbons (Fsp3) is 0.467. The van der Waals surface area contributed by atoms with Gasteiger partial charge in [-0.1, -0.05) is 45.9 Å². The van der Waals surface area contributed by atoms with Crippen LogP contribution in [0, 0.1) is 0 Å². The number of nitrogens with zero attached hydrogens (tertiary/aromatic N) is 2. The maximum atomic E-state index is 4.44. The van der Waals surface area contributed by atoms with Crippen LogP contribution in [0.5, 0.6) is 0 Å². The minimum absolute atomic E-state index is 0.0222. The van der Waals surface area contributed by atoms with Gasteiger partial charge in [0.2, 0.25) is 0 Å². The Kier molecular flexibility index (Phi) is 3.41. The maximum absolute atomic E-state index is 4.44. The van der Waals surface area contributed by atoms with Crippen LogP contribution in [0.1, 0.15) is 62.4 Å². The van der Waals surface area contributed by atoms with E-state index < -0.39 is 0 Å². The van der Waals surface area contributed by atoms with Crippen molar-refractivity contribution in [1.29, 1.82) is 0 Å². The summed E-state index contributed by atoms with van der Waals surface area (Å²) in [7, 11) is 0. The van der Waals surface area contributed by atoms with Gasteiger partial charge in [-0.15, -0.1) is 0 Å². The average molecular weight is 228 g/mol. The van der Waals surface area contributed by atoms with Crippen LogP contribution in [0.15, 0.2) is 28.2 Å². The highest BCUT2D eigenvalue weighted by molar-refractivity contribution is 6.17. The summed E-state index contributed by atoms with van der Waals surface area (Å²) >= 11 is 0. The highest BCUT2D eigenvalue weighted by atomic mass is 15.0. The van der Waals surface area contributed by atoms with Crippen molar-refractivity contribution in [3.8, 4) is 0 Å². The fourth-order valence-electron chi connectivity index (χ4n) is 2.33. The lowest BCUT2D eigenvalue weighted by Crippen LogP contribution is -2.05. The standard InChI is InChI=1S/C15H20N2/c1-10(2)12-6-5-7-13(11(3)4)14(12)15-16-8-9-17-15/h5-11,15H,1-4H3. The van der Waals surface area contributed by atoms with Crippen molar-refractivity contribution in [3.05, 3.63) is 34.9 Å². The van der Waals surface area contributed by atoms with Crippen LogP contribution in [0.2, 0.25) is 0 Å². The molecule has 1 aromatic rings. The van der Waals surface area contributed by atoms with Crippen LogP contribution in [0.25, 0.3) is 0 Å². The van der Waals surface area contributed by atoms with Gasteiger partial charge in [0.15, 0.2) is 6.17 Å². The van der Waals surface area contributed by atoms with Gasteiger partial charge in [-0.25, -0.2) is 0 Å². The fourth-order valence-corrected chi connectivity index (χ4v) is 2.33. The minimum Gasteiger partial charge on any atom is -0.260 e. The molecular weight excluding hydrogens is 208 g/mol. The summed E-state index contributed by atoms with van der Waals surface area (Å²) in [6, 6.07) is 6.56. The summed E-state index contributed by atoms with van der Waals surface area (Å²) in [6.45, 7) is 8.91. The first-order valence-corrected chi connectivity index (χ1v) is 6.29. The lowest BCUT2D eigenvalue weighted by molar-refractivity contribution is 0.721. The van der Waals surface area contributed by atoms with Gasteiger partial charge in [0.05, 0.1) is 0 Å². The molecule has 0 spiro atoms. The zero-order valence-electron chi connectivity index (χ0n) is 11.0. The Hall–Kier alpha value is -1.44. The molecule has 1 heterocycles. The molecule has 0 unspecified atom stereocenters. The number of hydrogen-bond acceptors (Lipinski definition) is 2. The largest absolute Gasteiger partial charge is 0.260 e.